The van der Waals surface area contributed by atoms with Gasteiger partial charge in [0.25, 0.3) is 0 Å². The lowest BCUT2D eigenvalue weighted by Gasteiger charge is -2.08. The van der Waals surface area contributed by atoms with Crippen molar-refractivity contribution in [1.82, 2.24) is 4.72 Å². The zero-order valence-corrected chi connectivity index (χ0v) is 9.11. The predicted molar refractivity (Wildman–Crippen MR) is 53.1 cm³/mol. The Morgan fingerprint density at radius 2 is 2.29 bits per heavy atom. The van der Waals surface area contributed by atoms with E-state index in [-0.39, 0.29) is 5.91 Å². The molecule has 3 unspecified atom stereocenters. The van der Waals surface area contributed by atoms with Crippen LogP contribution in [0, 0.1) is 11.8 Å². The summed E-state index contributed by atoms with van der Waals surface area (Å²) in [6.45, 7) is 4.01. The lowest BCUT2D eigenvalue weighted by Crippen LogP contribution is -2.22. The molecule has 3 atom stereocenters. The summed E-state index contributed by atoms with van der Waals surface area (Å²) < 4.78 is 26.8. The van der Waals surface area contributed by atoms with Gasteiger partial charge in [0.2, 0.25) is 12.3 Å². The van der Waals surface area contributed by atoms with Crippen LogP contribution < -0.4 is 4.72 Å². The standard InChI is InChI=1S/C9H15F2NOS/c1-3-5(2)14-12-9(13)7-4-6(7)8(10)11/h5-8H,3-4H2,1-2H3,(H,12,13). The van der Waals surface area contributed by atoms with Gasteiger partial charge in [-0.05, 0) is 24.8 Å². The molecule has 1 saturated carbocycles. The van der Waals surface area contributed by atoms with Gasteiger partial charge in [-0.15, -0.1) is 0 Å². The molecule has 1 aliphatic rings. The number of carbonyl (C=O) groups excluding carboxylic acids is 1. The summed E-state index contributed by atoms with van der Waals surface area (Å²) in [6, 6.07) is 0. The van der Waals surface area contributed by atoms with Gasteiger partial charge in [0.1, 0.15) is 0 Å². The molecule has 0 radical (unpaired) electrons. The minimum Gasteiger partial charge on any atom is -0.300 e. The molecule has 5 heteroatoms. The molecule has 14 heavy (non-hydrogen) atoms. The number of hydrogen-bond donors (Lipinski definition) is 1. The molecule has 0 aromatic heterocycles. The van der Waals surface area contributed by atoms with Crippen molar-refractivity contribution in [1.29, 1.82) is 0 Å². The molecular formula is C9H15F2NOS. The topological polar surface area (TPSA) is 29.1 Å². The highest BCUT2D eigenvalue weighted by Crippen LogP contribution is 2.43. The average molecular weight is 223 g/mol. The molecule has 1 N–H and O–H groups in total. The zero-order valence-electron chi connectivity index (χ0n) is 8.30. The fourth-order valence-corrected chi connectivity index (χ4v) is 1.75. The monoisotopic (exact) mass is 223 g/mol. The third-order valence-electron chi connectivity index (χ3n) is 2.44. The van der Waals surface area contributed by atoms with E-state index >= 15 is 0 Å². The van der Waals surface area contributed by atoms with Gasteiger partial charge in [-0.3, -0.25) is 9.52 Å². The molecule has 0 aliphatic heterocycles. The normalized spacial score (nSPS) is 27.5. The quantitative estimate of drug-likeness (QED) is 0.725. The van der Waals surface area contributed by atoms with Crippen molar-refractivity contribution in [2.45, 2.75) is 38.4 Å². The smallest absolute Gasteiger partial charge is 0.242 e. The molecule has 0 saturated heterocycles. The van der Waals surface area contributed by atoms with E-state index in [2.05, 4.69) is 4.72 Å². The summed E-state index contributed by atoms with van der Waals surface area (Å²) in [6.07, 6.45) is -1.06. The third kappa shape index (κ3) is 3.12. The Morgan fingerprint density at radius 3 is 2.71 bits per heavy atom. The third-order valence-corrected chi connectivity index (χ3v) is 3.49. The fraction of sp³-hybridized carbons (Fsp3) is 0.889. The minimum absolute atomic E-state index is 0.236. The van der Waals surface area contributed by atoms with Gasteiger partial charge in [-0.1, -0.05) is 13.8 Å². The van der Waals surface area contributed by atoms with Crippen molar-refractivity contribution in [3.8, 4) is 0 Å². The molecule has 0 heterocycles. The van der Waals surface area contributed by atoms with Crippen LogP contribution in [0.2, 0.25) is 0 Å². The van der Waals surface area contributed by atoms with E-state index in [1.165, 1.54) is 11.9 Å². The second kappa shape index (κ2) is 4.96. The first-order valence-corrected chi connectivity index (χ1v) is 5.67. The van der Waals surface area contributed by atoms with Gasteiger partial charge < -0.3 is 0 Å². The first kappa shape index (κ1) is 11.8. The summed E-state index contributed by atoms with van der Waals surface area (Å²) in [7, 11) is 0. The van der Waals surface area contributed by atoms with Crippen LogP contribution in [0.5, 0.6) is 0 Å². The van der Waals surface area contributed by atoms with Crippen LogP contribution in [0.25, 0.3) is 0 Å². The Hall–Kier alpha value is -0.320. The molecule has 1 rings (SSSR count). The SMILES string of the molecule is CCC(C)SNC(=O)C1CC1C(F)F. The highest BCUT2D eigenvalue weighted by Gasteiger charge is 2.48. The lowest BCUT2D eigenvalue weighted by atomic mass is 10.3. The highest BCUT2D eigenvalue weighted by molar-refractivity contribution is 7.98. The summed E-state index contributed by atoms with van der Waals surface area (Å²) in [5.74, 6) is -1.39. The van der Waals surface area contributed by atoms with E-state index in [0.29, 0.717) is 11.7 Å². The molecule has 1 aliphatic carbocycles. The van der Waals surface area contributed by atoms with Gasteiger partial charge in [-0.25, -0.2) is 8.78 Å². The maximum atomic E-state index is 12.1. The van der Waals surface area contributed by atoms with Crippen LogP contribution in [-0.4, -0.2) is 17.6 Å². The first-order chi connectivity index (χ1) is 6.56. The molecule has 82 valence electrons. The van der Waals surface area contributed by atoms with E-state index in [0.717, 1.165) is 6.42 Å². The number of nitrogens with one attached hydrogen (secondary N) is 1. The molecule has 0 bridgehead atoms. The molecule has 1 amide bonds. The Balaban J connectivity index is 2.18. The van der Waals surface area contributed by atoms with E-state index in [1.807, 2.05) is 13.8 Å². The second-order valence-corrected chi connectivity index (χ2v) is 4.89. The number of carbonyl (C=O) groups is 1. The van der Waals surface area contributed by atoms with E-state index < -0.39 is 18.3 Å². The van der Waals surface area contributed by atoms with Gasteiger partial charge >= 0.3 is 0 Å². The van der Waals surface area contributed by atoms with Crippen LogP contribution >= 0.6 is 11.9 Å². The van der Waals surface area contributed by atoms with Gasteiger partial charge in [-0.2, -0.15) is 0 Å². The fourth-order valence-electron chi connectivity index (χ4n) is 1.11. The minimum atomic E-state index is -2.35. The van der Waals surface area contributed by atoms with Crippen molar-refractivity contribution < 1.29 is 13.6 Å². The van der Waals surface area contributed by atoms with Crippen LogP contribution in [0.15, 0.2) is 0 Å². The molecule has 0 spiro atoms. The first-order valence-electron chi connectivity index (χ1n) is 4.79. The second-order valence-electron chi connectivity index (χ2n) is 3.64. The average Bonchev–Trinajstić information content (AvgIpc) is 2.92. The summed E-state index contributed by atoms with van der Waals surface area (Å²) >= 11 is 1.32. The number of amides is 1. The van der Waals surface area contributed by atoms with Crippen LogP contribution in [0.4, 0.5) is 8.78 Å². The number of rotatable bonds is 5. The van der Waals surface area contributed by atoms with Crippen LogP contribution in [0.3, 0.4) is 0 Å². The predicted octanol–water partition coefficient (Wildman–Crippen LogP) is 2.45. The summed E-state index contributed by atoms with van der Waals surface area (Å²) in [4.78, 5) is 11.3. The number of halogens is 2. The van der Waals surface area contributed by atoms with E-state index in [9.17, 15) is 13.6 Å². The van der Waals surface area contributed by atoms with Gasteiger partial charge in [0.05, 0.1) is 0 Å². The van der Waals surface area contributed by atoms with Crippen molar-refractivity contribution in [2.24, 2.45) is 11.8 Å². The Morgan fingerprint density at radius 1 is 1.64 bits per heavy atom. The van der Waals surface area contributed by atoms with E-state index in [4.69, 9.17) is 0 Å². The molecule has 0 aromatic rings. The Labute approximate surface area is 87.0 Å². The zero-order chi connectivity index (χ0) is 10.7. The maximum absolute atomic E-state index is 12.1. The molecular weight excluding hydrogens is 208 g/mol. The van der Waals surface area contributed by atoms with Gasteiger partial charge in [0.15, 0.2) is 0 Å². The molecule has 2 nitrogen and oxygen atoms in total. The summed E-state index contributed by atoms with van der Waals surface area (Å²) in [5, 5.41) is 0.336. The Bertz CT molecular complexity index is 213. The molecule has 0 aromatic carbocycles. The van der Waals surface area contributed by atoms with Crippen molar-refractivity contribution in [3.63, 3.8) is 0 Å². The van der Waals surface area contributed by atoms with Crippen molar-refractivity contribution in [3.05, 3.63) is 0 Å². The Kier molecular flexibility index (Phi) is 4.16. The van der Waals surface area contributed by atoms with Gasteiger partial charge in [0, 0.05) is 17.1 Å². The van der Waals surface area contributed by atoms with Crippen molar-refractivity contribution >= 4 is 17.9 Å². The van der Waals surface area contributed by atoms with Crippen molar-refractivity contribution in [2.75, 3.05) is 0 Å². The number of hydrogen-bond acceptors (Lipinski definition) is 2. The van der Waals surface area contributed by atoms with Crippen LogP contribution in [-0.2, 0) is 4.79 Å². The van der Waals surface area contributed by atoms with E-state index in [1.54, 1.807) is 0 Å². The maximum Gasteiger partial charge on any atom is 0.242 e. The molecule has 1 fully saturated rings. The summed E-state index contributed by atoms with van der Waals surface area (Å²) in [5.41, 5.74) is 0. The largest absolute Gasteiger partial charge is 0.300 e. The van der Waals surface area contributed by atoms with Crippen LogP contribution in [0.1, 0.15) is 26.7 Å². The lowest BCUT2D eigenvalue weighted by molar-refractivity contribution is -0.121. The number of alkyl halides is 2. The highest BCUT2D eigenvalue weighted by atomic mass is 32.2.